The molecule has 7 heteroatoms. The number of carbonyl (C=O) groups is 1. The number of rotatable bonds is 4. The molecule has 0 bridgehead atoms. The number of nitrogens with zero attached hydrogens (tertiary/aromatic N) is 1. The Morgan fingerprint density at radius 3 is 2.52 bits per heavy atom. The summed E-state index contributed by atoms with van der Waals surface area (Å²) in [4.78, 5) is 15.7. The third-order valence-electron chi connectivity index (χ3n) is 3.41. The van der Waals surface area contributed by atoms with Crippen LogP contribution in [0.2, 0.25) is 0 Å². The van der Waals surface area contributed by atoms with Crippen LogP contribution in [0.15, 0.2) is 18.2 Å². The van der Waals surface area contributed by atoms with E-state index in [1.165, 1.54) is 19.2 Å². The van der Waals surface area contributed by atoms with E-state index in [0.717, 1.165) is 12.7 Å². The van der Waals surface area contributed by atoms with Crippen LogP contribution in [0.1, 0.15) is 23.0 Å². The minimum absolute atomic E-state index is 0.0980. The van der Waals surface area contributed by atoms with E-state index in [1.807, 2.05) is 6.92 Å². The van der Waals surface area contributed by atoms with Gasteiger partial charge in [0.25, 0.3) is 0 Å². The van der Waals surface area contributed by atoms with Crippen molar-refractivity contribution in [3.63, 3.8) is 0 Å². The second-order valence-corrected chi connectivity index (χ2v) is 4.73. The molecule has 2 rings (SSSR count). The topological polar surface area (TPSA) is 74.4 Å². The van der Waals surface area contributed by atoms with Gasteiger partial charge in [-0.3, -0.25) is 0 Å². The first-order valence-corrected chi connectivity index (χ1v) is 6.84. The van der Waals surface area contributed by atoms with Gasteiger partial charge in [-0.15, -0.1) is 0 Å². The number of aryl methyl sites for hydroxylation is 1. The summed E-state index contributed by atoms with van der Waals surface area (Å²) < 4.78 is 38.2. The molecule has 0 aliphatic carbocycles. The molecular weight excluding hydrogens is 306 g/mol. The van der Waals surface area contributed by atoms with Crippen LogP contribution in [0.3, 0.4) is 0 Å². The summed E-state index contributed by atoms with van der Waals surface area (Å²) in [5.74, 6) is -2.72. The summed E-state index contributed by atoms with van der Waals surface area (Å²) in [5.41, 5.74) is 5.19. The molecule has 0 unspecified atom stereocenters. The molecular formula is C16H16F2N2O3. The number of halogens is 2. The van der Waals surface area contributed by atoms with Crippen molar-refractivity contribution < 1.29 is 23.0 Å². The molecule has 0 amide bonds. The Balaban J connectivity index is 2.72. The number of carbonyl (C=O) groups excluding carboxylic acids is 1. The van der Waals surface area contributed by atoms with E-state index >= 15 is 0 Å². The van der Waals surface area contributed by atoms with Crippen molar-refractivity contribution in [2.75, 3.05) is 20.0 Å². The molecule has 2 N–H and O–H groups in total. The Morgan fingerprint density at radius 1 is 1.30 bits per heavy atom. The van der Waals surface area contributed by atoms with Crippen LogP contribution in [0.25, 0.3) is 11.3 Å². The van der Waals surface area contributed by atoms with Crippen molar-refractivity contribution in [3.05, 3.63) is 41.1 Å². The standard InChI is InChI=1S/C16H16F2N2O3/c1-4-8-5-6-9(10(17)7-8)13-11(18)12(19)15(22-2)14(20-13)16(21)23-3/h5-7H,4H2,1-3H3,(H2,19,20). The first-order chi connectivity index (χ1) is 10.9. The van der Waals surface area contributed by atoms with Crippen LogP contribution in [0, 0.1) is 11.6 Å². The number of nitrogens with two attached hydrogens (primary N) is 1. The zero-order chi connectivity index (χ0) is 17.1. The lowest BCUT2D eigenvalue weighted by molar-refractivity contribution is 0.0590. The van der Waals surface area contributed by atoms with Crippen molar-refractivity contribution in [2.24, 2.45) is 0 Å². The Morgan fingerprint density at radius 2 is 2.00 bits per heavy atom. The lowest BCUT2D eigenvalue weighted by Gasteiger charge is -2.13. The molecule has 0 atom stereocenters. The first kappa shape index (κ1) is 16.7. The van der Waals surface area contributed by atoms with Crippen LogP contribution in [0.4, 0.5) is 14.5 Å². The lowest BCUT2D eigenvalue weighted by Crippen LogP contribution is -2.12. The number of esters is 1. The van der Waals surface area contributed by atoms with Gasteiger partial charge in [-0.2, -0.15) is 0 Å². The zero-order valence-corrected chi connectivity index (χ0v) is 12.9. The predicted octanol–water partition coefficient (Wildman–Crippen LogP) is 2.97. The van der Waals surface area contributed by atoms with Gasteiger partial charge in [0.15, 0.2) is 17.3 Å². The number of pyridine rings is 1. The van der Waals surface area contributed by atoms with E-state index in [0.29, 0.717) is 6.42 Å². The van der Waals surface area contributed by atoms with E-state index in [9.17, 15) is 13.6 Å². The van der Waals surface area contributed by atoms with Gasteiger partial charge in [0.05, 0.1) is 14.2 Å². The van der Waals surface area contributed by atoms with Gasteiger partial charge in [-0.1, -0.05) is 13.0 Å². The minimum atomic E-state index is -0.961. The minimum Gasteiger partial charge on any atom is -0.492 e. The monoisotopic (exact) mass is 322 g/mol. The van der Waals surface area contributed by atoms with E-state index in [4.69, 9.17) is 10.5 Å². The molecule has 23 heavy (non-hydrogen) atoms. The van der Waals surface area contributed by atoms with Gasteiger partial charge in [0.2, 0.25) is 0 Å². The molecule has 0 saturated heterocycles. The summed E-state index contributed by atoms with van der Waals surface area (Å²) in [6.07, 6.45) is 0.630. The van der Waals surface area contributed by atoms with Crippen LogP contribution >= 0.6 is 0 Å². The normalized spacial score (nSPS) is 10.5. The van der Waals surface area contributed by atoms with Gasteiger partial charge >= 0.3 is 5.97 Å². The third kappa shape index (κ3) is 2.94. The Labute approximate surface area is 132 Å². The highest BCUT2D eigenvalue weighted by Gasteiger charge is 2.25. The fourth-order valence-corrected chi connectivity index (χ4v) is 2.16. The fraction of sp³-hybridized carbons (Fsp3) is 0.250. The molecule has 2 aromatic rings. The SMILES string of the molecule is CCc1ccc(-c2nc(C(=O)OC)c(OC)c(N)c2F)c(F)c1. The molecule has 1 aromatic carbocycles. The van der Waals surface area contributed by atoms with Gasteiger partial charge in [0, 0.05) is 5.56 Å². The Bertz CT molecular complexity index is 763. The number of nitrogen functional groups attached to an aromatic ring is 1. The maximum absolute atomic E-state index is 14.5. The first-order valence-electron chi connectivity index (χ1n) is 6.84. The largest absolute Gasteiger partial charge is 0.492 e. The van der Waals surface area contributed by atoms with Crippen molar-refractivity contribution in [1.82, 2.24) is 4.98 Å². The zero-order valence-electron chi connectivity index (χ0n) is 12.9. The maximum Gasteiger partial charge on any atom is 0.360 e. The third-order valence-corrected chi connectivity index (χ3v) is 3.41. The number of ether oxygens (including phenoxy) is 2. The lowest BCUT2D eigenvalue weighted by atomic mass is 10.0. The number of benzene rings is 1. The average molecular weight is 322 g/mol. The highest BCUT2D eigenvalue weighted by molar-refractivity contribution is 5.93. The molecule has 1 aromatic heterocycles. The number of aromatic nitrogens is 1. The highest BCUT2D eigenvalue weighted by atomic mass is 19.1. The van der Waals surface area contributed by atoms with Gasteiger partial charge in [-0.05, 0) is 24.1 Å². The van der Waals surface area contributed by atoms with Crippen molar-refractivity contribution in [1.29, 1.82) is 0 Å². The fourth-order valence-electron chi connectivity index (χ4n) is 2.16. The maximum atomic E-state index is 14.5. The molecule has 1 heterocycles. The van der Waals surface area contributed by atoms with Crippen LogP contribution in [-0.4, -0.2) is 25.2 Å². The number of hydrogen-bond acceptors (Lipinski definition) is 5. The summed E-state index contributed by atoms with van der Waals surface area (Å²) in [7, 11) is 2.36. The average Bonchev–Trinajstić information content (AvgIpc) is 2.56. The van der Waals surface area contributed by atoms with Crippen LogP contribution in [0.5, 0.6) is 5.75 Å². The van der Waals surface area contributed by atoms with Gasteiger partial charge < -0.3 is 15.2 Å². The molecule has 0 saturated carbocycles. The van der Waals surface area contributed by atoms with Gasteiger partial charge in [0.1, 0.15) is 17.2 Å². The summed E-state index contributed by atoms with van der Waals surface area (Å²) in [6.45, 7) is 1.87. The Kier molecular flexibility index (Phi) is 4.78. The quantitative estimate of drug-likeness (QED) is 0.876. The van der Waals surface area contributed by atoms with E-state index in [-0.39, 0.29) is 22.7 Å². The molecule has 0 radical (unpaired) electrons. The second kappa shape index (κ2) is 6.60. The number of anilines is 1. The van der Waals surface area contributed by atoms with Crippen LogP contribution < -0.4 is 10.5 Å². The Hall–Kier alpha value is -2.70. The molecule has 0 aliphatic rings. The number of methoxy groups -OCH3 is 2. The van der Waals surface area contributed by atoms with Crippen LogP contribution in [-0.2, 0) is 11.2 Å². The smallest absolute Gasteiger partial charge is 0.360 e. The predicted molar refractivity (Wildman–Crippen MR) is 81.3 cm³/mol. The van der Waals surface area contributed by atoms with Crippen molar-refractivity contribution in [3.8, 4) is 17.0 Å². The molecule has 122 valence electrons. The molecule has 0 spiro atoms. The molecule has 5 nitrogen and oxygen atoms in total. The second-order valence-electron chi connectivity index (χ2n) is 4.73. The summed E-state index contributed by atoms with van der Waals surface area (Å²) >= 11 is 0. The van der Waals surface area contributed by atoms with Gasteiger partial charge in [-0.25, -0.2) is 18.6 Å². The van der Waals surface area contributed by atoms with Crippen molar-refractivity contribution >= 4 is 11.7 Å². The summed E-state index contributed by atoms with van der Waals surface area (Å²) in [6, 6.07) is 4.33. The molecule has 0 fully saturated rings. The van der Waals surface area contributed by atoms with E-state index < -0.39 is 23.3 Å². The van der Waals surface area contributed by atoms with E-state index in [2.05, 4.69) is 9.72 Å². The molecule has 0 aliphatic heterocycles. The van der Waals surface area contributed by atoms with Crippen molar-refractivity contribution in [2.45, 2.75) is 13.3 Å². The highest BCUT2D eigenvalue weighted by Crippen LogP contribution is 2.35. The van der Waals surface area contributed by atoms with E-state index in [1.54, 1.807) is 6.07 Å². The summed E-state index contributed by atoms with van der Waals surface area (Å²) in [5, 5.41) is 0. The number of hydrogen-bond donors (Lipinski definition) is 1.